The van der Waals surface area contributed by atoms with Gasteiger partial charge >= 0.3 is 0 Å². The SMILES string of the molecule is C[C@@H]1CCC[C@H](C)N1C(=O)c1noc2c1CCc1ccccc1-2. The first-order valence-electron chi connectivity index (χ1n) is 8.56. The normalized spacial score (nSPS) is 23.3. The Morgan fingerprint density at radius 2 is 1.91 bits per heavy atom. The number of likely N-dealkylation sites (tertiary alicyclic amines) is 1. The Bertz CT molecular complexity index is 740. The lowest BCUT2D eigenvalue weighted by molar-refractivity contribution is 0.0499. The van der Waals surface area contributed by atoms with Crippen molar-refractivity contribution >= 4 is 5.91 Å². The fraction of sp³-hybridized carbons (Fsp3) is 0.474. The van der Waals surface area contributed by atoms with Gasteiger partial charge in [-0.15, -0.1) is 0 Å². The Hall–Kier alpha value is -2.10. The molecule has 2 heterocycles. The number of amides is 1. The molecule has 0 spiro atoms. The largest absolute Gasteiger partial charge is 0.355 e. The number of carbonyl (C=O) groups is 1. The molecule has 23 heavy (non-hydrogen) atoms. The van der Waals surface area contributed by atoms with Gasteiger partial charge < -0.3 is 9.42 Å². The van der Waals surface area contributed by atoms with Crippen LogP contribution < -0.4 is 0 Å². The molecule has 1 aromatic heterocycles. The van der Waals surface area contributed by atoms with Crippen molar-refractivity contribution in [3.8, 4) is 11.3 Å². The van der Waals surface area contributed by atoms with Gasteiger partial charge in [0.05, 0.1) is 0 Å². The highest BCUT2D eigenvalue weighted by Gasteiger charge is 2.35. The lowest BCUT2D eigenvalue weighted by Gasteiger charge is -2.38. The van der Waals surface area contributed by atoms with Crippen molar-refractivity contribution in [3.05, 3.63) is 41.1 Å². The number of benzene rings is 1. The van der Waals surface area contributed by atoms with Crippen LogP contribution in [0.25, 0.3) is 11.3 Å². The molecular formula is C19H22N2O2. The summed E-state index contributed by atoms with van der Waals surface area (Å²) in [5.74, 6) is 0.821. The van der Waals surface area contributed by atoms with E-state index in [-0.39, 0.29) is 18.0 Å². The van der Waals surface area contributed by atoms with E-state index in [1.807, 2.05) is 17.0 Å². The van der Waals surface area contributed by atoms with Crippen molar-refractivity contribution < 1.29 is 9.32 Å². The van der Waals surface area contributed by atoms with Crippen molar-refractivity contribution in [2.75, 3.05) is 0 Å². The third-order valence-corrected chi connectivity index (χ3v) is 5.33. The monoisotopic (exact) mass is 310 g/mol. The van der Waals surface area contributed by atoms with Gasteiger partial charge in [0.1, 0.15) is 0 Å². The Balaban J connectivity index is 1.72. The second-order valence-corrected chi connectivity index (χ2v) is 6.84. The molecule has 0 unspecified atom stereocenters. The van der Waals surface area contributed by atoms with Crippen LogP contribution in [0.4, 0.5) is 0 Å². The molecule has 4 nitrogen and oxygen atoms in total. The zero-order valence-corrected chi connectivity index (χ0v) is 13.7. The van der Waals surface area contributed by atoms with Crippen molar-refractivity contribution in [2.45, 2.75) is 58.0 Å². The Labute approximate surface area is 136 Å². The number of rotatable bonds is 1. The first kappa shape index (κ1) is 14.5. The van der Waals surface area contributed by atoms with E-state index in [9.17, 15) is 4.79 Å². The summed E-state index contributed by atoms with van der Waals surface area (Å²) in [6.07, 6.45) is 5.09. The van der Waals surface area contributed by atoms with Gasteiger partial charge in [0.2, 0.25) is 0 Å². The van der Waals surface area contributed by atoms with Gasteiger partial charge in [-0.3, -0.25) is 4.79 Å². The second-order valence-electron chi connectivity index (χ2n) is 6.84. The molecule has 4 rings (SSSR count). The minimum Gasteiger partial charge on any atom is -0.355 e. The van der Waals surface area contributed by atoms with Crippen LogP contribution in [-0.2, 0) is 12.8 Å². The number of nitrogens with zero attached hydrogens (tertiary/aromatic N) is 2. The van der Waals surface area contributed by atoms with Crippen LogP contribution in [0.3, 0.4) is 0 Å². The molecule has 4 heteroatoms. The minimum atomic E-state index is 0.0362. The van der Waals surface area contributed by atoms with Crippen molar-refractivity contribution in [3.63, 3.8) is 0 Å². The highest BCUT2D eigenvalue weighted by atomic mass is 16.5. The van der Waals surface area contributed by atoms with Gasteiger partial charge in [-0.1, -0.05) is 29.4 Å². The molecule has 0 N–H and O–H groups in total. The molecule has 0 bridgehead atoms. The highest BCUT2D eigenvalue weighted by Crippen LogP contribution is 2.36. The van der Waals surface area contributed by atoms with E-state index in [0.717, 1.165) is 42.6 Å². The maximum absolute atomic E-state index is 13.1. The molecule has 2 aromatic rings. The lowest BCUT2D eigenvalue weighted by atomic mass is 9.89. The number of aromatic nitrogens is 1. The Morgan fingerprint density at radius 1 is 1.17 bits per heavy atom. The summed E-state index contributed by atoms with van der Waals surface area (Å²) in [5, 5.41) is 4.17. The summed E-state index contributed by atoms with van der Waals surface area (Å²) in [4.78, 5) is 15.1. The van der Waals surface area contributed by atoms with Crippen molar-refractivity contribution in [2.24, 2.45) is 0 Å². The summed E-state index contributed by atoms with van der Waals surface area (Å²) in [6, 6.07) is 8.77. The molecule has 120 valence electrons. The van der Waals surface area contributed by atoms with Crippen LogP contribution in [-0.4, -0.2) is 28.0 Å². The predicted octanol–water partition coefficient (Wildman–Crippen LogP) is 3.84. The number of fused-ring (bicyclic) bond motifs is 3. The topological polar surface area (TPSA) is 46.3 Å². The smallest absolute Gasteiger partial charge is 0.276 e. The first-order chi connectivity index (χ1) is 11.2. The summed E-state index contributed by atoms with van der Waals surface area (Å²) in [5.41, 5.74) is 3.86. The van der Waals surface area contributed by atoms with E-state index in [1.54, 1.807) is 0 Å². The van der Waals surface area contributed by atoms with Crippen LogP contribution in [0.2, 0.25) is 0 Å². The van der Waals surface area contributed by atoms with Crippen LogP contribution in [0.5, 0.6) is 0 Å². The van der Waals surface area contributed by atoms with Crippen LogP contribution in [0.15, 0.2) is 28.8 Å². The zero-order valence-electron chi connectivity index (χ0n) is 13.7. The summed E-state index contributed by atoms with van der Waals surface area (Å²) in [6.45, 7) is 4.27. The van der Waals surface area contributed by atoms with E-state index >= 15 is 0 Å². The number of aryl methyl sites for hydroxylation is 1. The molecule has 2 atom stereocenters. The number of piperidine rings is 1. The fourth-order valence-corrected chi connectivity index (χ4v) is 4.08. The summed E-state index contributed by atoms with van der Waals surface area (Å²) in [7, 11) is 0. The maximum Gasteiger partial charge on any atom is 0.276 e. The standard InChI is InChI=1S/C19H22N2O2/c1-12-6-5-7-13(2)21(12)19(22)17-16-11-10-14-8-3-4-9-15(14)18(16)23-20-17/h3-4,8-9,12-13H,5-7,10-11H2,1-2H3/t12-,13+. The molecule has 1 aliphatic carbocycles. The number of hydrogen-bond donors (Lipinski definition) is 0. The molecule has 1 amide bonds. The summed E-state index contributed by atoms with van der Waals surface area (Å²) >= 11 is 0. The van der Waals surface area contributed by atoms with Gasteiger partial charge in [-0.25, -0.2) is 0 Å². The van der Waals surface area contributed by atoms with E-state index in [0.29, 0.717) is 5.69 Å². The molecule has 1 aliphatic heterocycles. The van der Waals surface area contributed by atoms with E-state index < -0.39 is 0 Å². The van der Waals surface area contributed by atoms with Gasteiger partial charge in [-0.2, -0.15) is 0 Å². The molecule has 1 saturated heterocycles. The van der Waals surface area contributed by atoms with Crippen molar-refractivity contribution in [1.29, 1.82) is 0 Å². The van der Waals surface area contributed by atoms with E-state index in [4.69, 9.17) is 4.52 Å². The van der Waals surface area contributed by atoms with Crippen LogP contribution >= 0.6 is 0 Å². The van der Waals surface area contributed by atoms with Gasteiger partial charge in [0.25, 0.3) is 5.91 Å². The number of hydrogen-bond acceptors (Lipinski definition) is 3. The predicted molar refractivity (Wildman–Crippen MR) is 88.3 cm³/mol. The zero-order chi connectivity index (χ0) is 16.0. The Kier molecular flexibility index (Phi) is 3.47. The maximum atomic E-state index is 13.1. The average molecular weight is 310 g/mol. The number of carbonyl (C=O) groups excluding carboxylic acids is 1. The van der Waals surface area contributed by atoms with E-state index in [2.05, 4.69) is 31.1 Å². The van der Waals surface area contributed by atoms with Crippen LogP contribution in [0, 0.1) is 0 Å². The summed E-state index contributed by atoms with van der Waals surface area (Å²) < 4.78 is 5.60. The molecule has 0 saturated carbocycles. The molecule has 0 radical (unpaired) electrons. The minimum absolute atomic E-state index is 0.0362. The molecular weight excluding hydrogens is 288 g/mol. The van der Waals surface area contributed by atoms with E-state index in [1.165, 1.54) is 12.0 Å². The van der Waals surface area contributed by atoms with Crippen LogP contribution in [0.1, 0.15) is 54.7 Å². The van der Waals surface area contributed by atoms with Gasteiger partial charge in [0.15, 0.2) is 11.5 Å². The third kappa shape index (κ3) is 2.28. The first-order valence-corrected chi connectivity index (χ1v) is 8.56. The second kappa shape index (κ2) is 5.52. The average Bonchev–Trinajstić information content (AvgIpc) is 2.99. The lowest BCUT2D eigenvalue weighted by Crippen LogP contribution is -2.47. The van der Waals surface area contributed by atoms with Crippen molar-refractivity contribution in [1.82, 2.24) is 10.1 Å². The highest BCUT2D eigenvalue weighted by molar-refractivity contribution is 5.96. The third-order valence-electron chi connectivity index (χ3n) is 5.33. The molecule has 1 aromatic carbocycles. The fourth-order valence-electron chi connectivity index (χ4n) is 4.08. The molecule has 2 aliphatic rings. The van der Waals surface area contributed by atoms with Gasteiger partial charge in [-0.05, 0) is 51.5 Å². The van der Waals surface area contributed by atoms with Gasteiger partial charge in [0, 0.05) is 23.2 Å². The Morgan fingerprint density at radius 3 is 2.70 bits per heavy atom. The molecule has 1 fully saturated rings. The quantitative estimate of drug-likeness (QED) is 0.804.